The van der Waals surface area contributed by atoms with Crippen LogP contribution in [0, 0.1) is 0 Å². The molecule has 6 heteroatoms. The van der Waals surface area contributed by atoms with Gasteiger partial charge in [-0.3, -0.25) is 4.90 Å². The van der Waals surface area contributed by atoms with Gasteiger partial charge in [0.05, 0.1) is 0 Å². The maximum absolute atomic E-state index is 6.61. The minimum absolute atomic E-state index is 0.239. The summed E-state index contributed by atoms with van der Waals surface area (Å²) in [4.78, 5) is 2.49. The van der Waals surface area contributed by atoms with E-state index in [9.17, 15) is 0 Å². The molecular weight excluding hydrogens is 372 g/mol. The summed E-state index contributed by atoms with van der Waals surface area (Å²) in [7, 11) is 1.94. The molecule has 5 rings (SSSR count). The zero-order valence-corrected chi connectivity index (χ0v) is 17.2. The van der Waals surface area contributed by atoms with Crippen LogP contribution in [0.25, 0.3) is 0 Å². The number of likely N-dealkylation sites (tertiary alicyclic amines) is 1. The number of rotatable bonds is 3. The molecule has 0 saturated carbocycles. The highest BCUT2D eigenvalue weighted by Crippen LogP contribution is 2.50. The third kappa shape index (κ3) is 2.99. The molecule has 2 aromatic rings. The van der Waals surface area contributed by atoms with Crippen LogP contribution in [0.2, 0.25) is 0 Å². The molecule has 5 nitrogen and oxygen atoms in total. The predicted octanol–water partition coefficient (Wildman–Crippen LogP) is 4.42. The van der Waals surface area contributed by atoms with Crippen LogP contribution < -0.4 is 18.5 Å². The van der Waals surface area contributed by atoms with Gasteiger partial charge in [0.1, 0.15) is 5.75 Å². The van der Waals surface area contributed by atoms with Crippen LogP contribution in [-0.2, 0) is 0 Å². The number of benzene rings is 2. The molecule has 1 saturated heterocycles. The molecule has 0 spiro atoms. The summed E-state index contributed by atoms with van der Waals surface area (Å²) in [6.45, 7) is 4.68. The summed E-state index contributed by atoms with van der Waals surface area (Å²) in [5.41, 5.74) is 3.22. The first-order chi connectivity index (χ1) is 13.5. The smallest absolute Gasteiger partial charge is 0.231 e. The van der Waals surface area contributed by atoms with Crippen molar-refractivity contribution in [1.29, 1.82) is 0 Å². The minimum atomic E-state index is -0.319. The summed E-state index contributed by atoms with van der Waals surface area (Å²) >= 11 is 4.40. The van der Waals surface area contributed by atoms with E-state index < -0.39 is 0 Å². The number of anilines is 1. The van der Waals surface area contributed by atoms with E-state index >= 15 is 0 Å². The Labute approximate surface area is 171 Å². The van der Waals surface area contributed by atoms with Crippen molar-refractivity contribution in [2.24, 2.45) is 0 Å². The molecule has 0 bridgehead atoms. The van der Waals surface area contributed by atoms with Gasteiger partial charge < -0.3 is 18.5 Å². The lowest BCUT2D eigenvalue weighted by Crippen LogP contribution is -2.52. The summed E-state index contributed by atoms with van der Waals surface area (Å²) in [6, 6.07) is 12.8. The number of nitrogens with zero attached hydrogens (tertiary/aromatic N) is 2. The second-order valence-corrected chi connectivity index (χ2v) is 8.69. The average Bonchev–Trinajstić information content (AvgIpc) is 3.38. The van der Waals surface area contributed by atoms with Gasteiger partial charge in [-0.1, -0.05) is 24.9 Å². The highest BCUT2D eigenvalue weighted by atomic mass is 32.1. The molecule has 2 unspecified atom stereocenters. The van der Waals surface area contributed by atoms with E-state index in [2.05, 4.69) is 55.0 Å². The number of fused-ring (bicyclic) bond motifs is 2. The Morgan fingerprint density at radius 2 is 1.71 bits per heavy atom. The van der Waals surface area contributed by atoms with Gasteiger partial charge in [0.15, 0.2) is 17.2 Å². The first kappa shape index (κ1) is 18.0. The first-order valence-electron chi connectivity index (χ1n) is 9.94. The van der Waals surface area contributed by atoms with Crippen molar-refractivity contribution < 1.29 is 14.2 Å². The van der Waals surface area contributed by atoms with Crippen LogP contribution >= 0.6 is 12.8 Å². The molecule has 148 valence electrons. The van der Waals surface area contributed by atoms with Crippen LogP contribution in [0.15, 0.2) is 36.4 Å². The van der Waals surface area contributed by atoms with Gasteiger partial charge in [-0.2, -0.15) is 0 Å². The first-order valence-corrected chi connectivity index (χ1v) is 10.3. The Morgan fingerprint density at radius 3 is 2.39 bits per heavy atom. The van der Waals surface area contributed by atoms with Crippen molar-refractivity contribution in [3.63, 3.8) is 0 Å². The monoisotopic (exact) mass is 398 g/mol. The predicted molar refractivity (Wildman–Crippen MR) is 113 cm³/mol. The largest absolute Gasteiger partial charge is 0.472 e. The van der Waals surface area contributed by atoms with E-state index in [1.165, 1.54) is 24.0 Å². The zero-order chi connectivity index (χ0) is 19.3. The van der Waals surface area contributed by atoms with Gasteiger partial charge in [-0.05, 0) is 43.5 Å². The third-order valence-electron chi connectivity index (χ3n) is 6.24. The Balaban J connectivity index is 1.58. The molecule has 3 heterocycles. The Morgan fingerprint density at radius 1 is 1.04 bits per heavy atom. The van der Waals surface area contributed by atoms with Gasteiger partial charge in [-0.15, -0.1) is 0 Å². The van der Waals surface area contributed by atoms with Gasteiger partial charge >= 0.3 is 0 Å². The summed E-state index contributed by atoms with van der Waals surface area (Å²) in [5, 5.41) is 0. The average molecular weight is 399 g/mol. The Bertz CT molecular complexity index is 880. The van der Waals surface area contributed by atoms with Crippen LogP contribution in [0.4, 0.5) is 5.69 Å². The molecule has 0 radical (unpaired) electrons. The lowest BCUT2D eigenvalue weighted by Gasteiger charge is -2.45. The molecule has 0 N–H and O–H groups in total. The van der Waals surface area contributed by atoms with Gasteiger partial charge in [0.25, 0.3) is 0 Å². The van der Waals surface area contributed by atoms with Crippen molar-refractivity contribution in [3.05, 3.63) is 47.5 Å². The van der Waals surface area contributed by atoms with E-state index in [1.807, 2.05) is 17.4 Å². The highest BCUT2D eigenvalue weighted by Gasteiger charge is 2.44. The fraction of sp³-hybridized carbons (Fsp3) is 0.455. The maximum Gasteiger partial charge on any atom is 0.231 e. The van der Waals surface area contributed by atoms with Crippen LogP contribution in [-0.4, -0.2) is 37.6 Å². The molecule has 2 aromatic carbocycles. The molecule has 2 atom stereocenters. The molecular formula is C22H26N2O3S. The fourth-order valence-corrected chi connectivity index (χ4v) is 4.80. The molecule has 0 aromatic heterocycles. The van der Waals surface area contributed by atoms with Crippen molar-refractivity contribution in [3.8, 4) is 17.2 Å². The van der Waals surface area contributed by atoms with Gasteiger partial charge in [0, 0.05) is 49.8 Å². The van der Waals surface area contributed by atoms with E-state index in [4.69, 9.17) is 14.2 Å². The lowest BCUT2D eigenvalue weighted by atomic mass is 9.81. The van der Waals surface area contributed by atoms with Crippen LogP contribution in [0.3, 0.4) is 0 Å². The van der Waals surface area contributed by atoms with Gasteiger partial charge in [0.2, 0.25) is 6.79 Å². The van der Waals surface area contributed by atoms with E-state index in [1.54, 1.807) is 0 Å². The minimum Gasteiger partial charge on any atom is -0.472 e. The normalized spacial score (nSPS) is 26.0. The number of hydrogen-bond acceptors (Lipinski definition) is 6. The van der Waals surface area contributed by atoms with E-state index in [0.717, 1.165) is 42.4 Å². The summed E-state index contributed by atoms with van der Waals surface area (Å²) in [6.07, 6.45) is 3.39. The molecule has 1 fully saturated rings. The second kappa shape index (κ2) is 6.78. The number of hydrogen-bond donors (Lipinski definition) is 1. The molecule has 0 aliphatic carbocycles. The lowest BCUT2D eigenvalue weighted by molar-refractivity contribution is -0.0768. The molecule has 28 heavy (non-hydrogen) atoms. The maximum atomic E-state index is 6.61. The standard InChI is InChI=1S/C22H26N2O3S/c1-22(24-9-3-4-10-24)13-18(15-5-7-16(8-6-15)23(2)28)17-11-20-21(26-14-25-20)12-19(17)27-22/h5-8,11-12,18,28H,3-4,9-10,13-14H2,1-2H3. The zero-order valence-electron chi connectivity index (χ0n) is 16.4. The number of ether oxygens (including phenoxy) is 3. The van der Waals surface area contributed by atoms with Crippen molar-refractivity contribution in [2.45, 2.75) is 37.8 Å². The van der Waals surface area contributed by atoms with Crippen molar-refractivity contribution in [1.82, 2.24) is 4.90 Å². The number of thiol groups is 1. The van der Waals surface area contributed by atoms with E-state index in [0.29, 0.717) is 0 Å². The molecule has 3 aliphatic rings. The van der Waals surface area contributed by atoms with E-state index in [-0.39, 0.29) is 18.4 Å². The van der Waals surface area contributed by atoms with Crippen LogP contribution in [0.5, 0.6) is 17.2 Å². The topological polar surface area (TPSA) is 34.2 Å². The molecule has 0 amide bonds. The summed E-state index contributed by atoms with van der Waals surface area (Å²) in [5.74, 6) is 2.73. The fourth-order valence-electron chi connectivity index (χ4n) is 4.67. The van der Waals surface area contributed by atoms with Crippen molar-refractivity contribution in [2.75, 3.05) is 31.2 Å². The van der Waals surface area contributed by atoms with Crippen molar-refractivity contribution >= 4 is 18.5 Å². The summed E-state index contributed by atoms with van der Waals surface area (Å²) < 4.78 is 19.7. The van der Waals surface area contributed by atoms with Crippen LogP contribution in [0.1, 0.15) is 43.2 Å². The third-order valence-corrected chi connectivity index (χ3v) is 6.47. The Kier molecular flexibility index (Phi) is 4.36. The Hall–Kier alpha value is -2.05. The second-order valence-electron chi connectivity index (χ2n) is 8.09. The highest BCUT2D eigenvalue weighted by molar-refractivity contribution is 7.81. The SMILES string of the molecule is CN(S)c1ccc(C2CC(C)(N3CCCC3)Oc3cc4c(cc32)OCO4)cc1. The molecule has 3 aliphatic heterocycles. The van der Waals surface area contributed by atoms with Gasteiger partial charge in [-0.25, -0.2) is 0 Å². The quantitative estimate of drug-likeness (QED) is 0.774.